The van der Waals surface area contributed by atoms with Crippen LogP contribution in [-0.4, -0.2) is 37.2 Å². The third-order valence-corrected chi connectivity index (χ3v) is 15.9. The summed E-state index contributed by atoms with van der Waals surface area (Å²) in [4.78, 5) is 38.4. The van der Waals surface area contributed by atoms with Crippen LogP contribution in [0.5, 0.6) is 0 Å². The molecule has 0 aromatic rings. The van der Waals surface area contributed by atoms with Crippen molar-refractivity contribution in [2.45, 2.75) is 374 Å². The minimum absolute atomic E-state index is 0.0976. The summed E-state index contributed by atoms with van der Waals surface area (Å²) in [6.07, 6.45) is 94.9. The van der Waals surface area contributed by atoms with Crippen LogP contribution in [0.2, 0.25) is 0 Å². The molecule has 0 aliphatic rings. The van der Waals surface area contributed by atoms with Crippen LogP contribution < -0.4 is 0 Å². The Balaban J connectivity index is 4.26. The van der Waals surface area contributed by atoms with Crippen LogP contribution in [0.3, 0.4) is 0 Å². The van der Waals surface area contributed by atoms with Gasteiger partial charge in [0, 0.05) is 19.3 Å². The molecule has 0 rings (SSSR count). The van der Waals surface area contributed by atoms with E-state index in [2.05, 4.69) is 106 Å². The molecule has 0 aliphatic carbocycles. The lowest BCUT2D eigenvalue weighted by molar-refractivity contribution is -0.167. The predicted octanol–water partition coefficient (Wildman–Crippen LogP) is 25.0. The third-order valence-electron chi connectivity index (χ3n) is 15.9. The molecule has 0 heterocycles. The van der Waals surface area contributed by atoms with Crippen molar-refractivity contribution in [2.24, 2.45) is 0 Å². The van der Waals surface area contributed by atoms with Crippen LogP contribution in [0.1, 0.15) is 367 Å². The Morgan fingerprint density at radius 2 is 0.482 bits per heavy atom. The van der Waals surface area contributed by atoms with E-state index >= 15 is 0 Å². The van der Waals surface area contributed by atoms with Gasteiger partial charge in [0.25, 0.3) is 0 Å². The van der Waals surface area contributed by atoms with E-state index in [1.807, 2.05) is 0 Å². The number of hydrogen-bond acceptors (Lipinski definition) is 6. The second-order valence-corrected chi connectivity index (χ2v) is 24.1. The van der Waals surface area contributed by atoms with Gasteiger partial charge in [-0.1, -0.05) is 324 Å². The Morgan fingerprint density at radius 3 is 0.783 bits per heavy atom. The molecule has 0 aliphatic heterocycles. The summed E-state index contributed by atoms with van der Waals surface area (Å²) in [7, 11) is 0. The first kappa shape index (κ1) is 79.6. The fourth-order valence-electron chi connectivity index (χ4n) is 10.5. The number of carbonyl (C=O) groups is 3. The molecule has 0 fully saturated rings. The SMILES string of the molecule is CC/C=C\C/C=C\C/C=C\C/C=C\C/C=C\CCCC(=O)OC(COC(=O)CCCCCCCCC/C=C\CCCCCCCC)COC(=O)CCCCCCCCCCCCCCCCCCCCC/C=C\CCCCCCCCCC. The molecular formula is C77H136O6. The fraction of sp³-hybridized carbons (Fsp3) is 0.779. The summed E-state index contributed by atoms with van der Waals surface area (Å²) in [5, 5.41) is 0. The lowest BCUT2D eigenvalue weighted by atomic mass is 10.0. The largest absolute Gasteiger partial charge is 0.462 e. The van der Waals surface area contributed by atoms with Crippen LogP contribution in [0.25, 0.3) is 0 Å². The average molecular weight is 1160 g/mol. The smallest absolute Gasteiger partial charge is 0.306 e. The van der Waals surface area contributed by atoms with Crippen molar-refractivity contribution in [2.75, 3.05) is 13.2 Å². The lowest BCUT2D eigenvalue weighted by Crippen LogP contribution is -2.30. The zero-order valence-electron chi connectivity index (χ0n) is 55.2. The summed E-state index contributed by atoms with van der Waals surface area (Å²) in [5.74, 6) is -0.943. The predicted molar refractivity (Wildman–Crippen MR) is 362 cm³/mol. The number of ether oxygens (including phenoxy) is 3. The van der Waals surface area contributed by atoms with Crippen LogP contribution in [0.15, 0.2) is 85.1 Å². The Morgan fingerprint density at radius 1 is 0.253 bits per heavy atom. The maximum atomic E-state index is 12.9. The van der Waals surface area contributed by atoms with Gasteiger partial charge < -0.3 is 14.2 Å². The molecular weight excluding hydrogens is 1020 g/mol. The summed E-state index contributed by atoms with van der Waals surface area (Å²) in [6, 6.07) is 0. The zero-order valence-corrected chi connectivity index (χ0v) is 55.2. The van der Waals surface area contributed by atoms with Gasteiger partial charge in [0.15, 0.2) is 6.10 Å². The number of unbranched alkanes of at least 4 members (excludes halogenated alkanes) is 41. The maximum Gasteiger partial charge on any atom is 0.306 e. The second-order valence-electron chi connectivity index (χ2n) is 24.1. The molecule has 6 heteroatoms. The van der Waals surface area contributed by atoms with Gasteiger partial charge in [-0.2, -0.15) is 0 Å². The van der Waals surface area contributed by atoms with E-state index in [-0.39, 0.29) is 37.5 Å². The van der Waals surface area contributed by atoms with Crippen molar-refractivity contribution in [3.63, 3.8) is 0 Å². The first-order chi connectivity index (χ1) is 41.0. The van der Waals surface area contributed by atoms with Crippen molar-refractivity contribution < 1.29 is 28.6 Å². The molecule has 0 aromatic carbocycles. The van der Waals surface area contributed by atoms with Gasteiger partial charge in [0.1, 0.15) is 13.2 Å². The lowest BCUT2D eigenvalue weighted by Gasteiger charge is -2.18. The van der Waals surface area contributed by atoms with E-state index in [0.29, 0.717) is 19.3 Å². The van der Waals surface area contributed by atoms with Crippen molar-refractivity contribution in [3.8, 4) is 0 Å². The quantitative estimate of drug-likeness (QED) is 0.0261. The van der Waals surface area contributed by atoms with Gasteiger partial charge in [-0.3, -0.25) is 14.4 Å². The Bertz CT molecular complexity index is 1570. The van der Waals surface area contributed by atoms with Gasteiger partial charge >= 0.3 is 17.9 Å². The van der Waals surface area contributed by atoms with Gasteiger partial charge in [0.05, 0.1) is 0 Å². The molecule has 480 valence electrons. The Hall–Kier alpha value is -3.41. The zero-order chi connectivity index (χ0) is 59.9. The summed E-state index contributed by atoms with van der Waals surface area (Å²) >= 11 is 0. The highest BCUT2D eigenvalue weighted by molar-refractivity contribution is 5.71. The molecule has 6 nitrogen and oxygen atoms in total. The van der Waals surface area contributed by atoms with E-state index in [4.69, 9.17) is 14.2 Å². The molecule has 0 radical (unpaired) electrons. The minimum Gasteiger partial charge on any atom is -0.462 e. The number of rotatable bonds is 66. The van der Waals surface area contributed by atoms with Gasteiger partial charge in [-0.05, 0) is 109 Å². The van der Waals surface area contributed by atoms with E-state index in [1.165, 1.54) is 244 Å². The number of esters is 3. The summed E-state index contributed by atoms with van der Waals surface area (Å²) in [5.41, 5.74) is 0. The Labute approximate surface area is 515 Å². The van der Waals surface area contributed by atoms with Gasteiger partial charge in [0.2, 0.25) is 0 Å². The van der Waals surface area contributed by atoms with Crippen molar-refractivity contribution in [1.82, 2.24) is 0 Å². The molecule has 83 heavy (non-hydrogen) atoms. The molecule has 0 saturated heterocycles. The maximum absolute atomic E-state index is 12.9. The molecule has 0 aromatic heterocycles. The molecule has 1 atom stereocenters. The summed E-state index contributed by atoms with van der Waals surface area (Å²) in [6.45, 7) is 6.52. The van der Waals surface area contributed by atoms with E-state index < -0.39 is 6.10 Å². The van der Waals surface area contributed by atoms with Gasteiger partial charge in [-0.25, -0.2) is 0 Å². The second kappa shape index (κ2) is 71.1. The van der Waals surface area contributed by atoms with Crippen LogP contribution in [0, 0.1) is 0 Å². The highest BCUT2D eigenvalue weighted by atomic mass is 16.6. The van der Waals surface area contributed by atoms with E-state index in [0.717, 1.165) is 77.0 Å². The normalized spacial score (nSPS) is 12.6. The van der Waals surface area contributed by atoms with E-state index in [1.54, 1.807) is 0 Å². The van der Waals surface area contributed by atoms with Crippen molar-refractivity contribution in [3.05, 3.63) is 85.1 Å². The molecule has 0 spiro atoms. The van der Waals surface area contributed by atoms with Gasteiger partial charge in [-0.15, -0.1) is 0 Å². The first-order valence-corrected chi connectivity index (χ1v) is 36.1. The van der Waals surface area contributed by atoms with Crippen LogP contribution in [-0.2, 0) is 28.6 Å². The highest BCUT2D eigenvalue weighted by Gasteiger charge is 2.19. The molecule has 0 bridgehead atoms. The number of hydrogen-bond donors (Lipinski definition) is 0. The first-order valence-electron chi connectivity index (χ1n) is 36.1. The molecule has 1 unspecified atom stereocenters. The third kappa shape index (κ3) is 69.3. The topological polar surface area (TPSA) is 78.9 Å². The number of carbonyl (C=O) groups excluding carboxylic acids is 3. The van der Waals surface area contributed by atoms with Crippen LogP contribution in [0.4, 0.5) is 0 Å². The molecule has 0 saturated carbocycles. The van der Waals surface area contributed by atoms with Crippen molar-refractivity contribution in [1.29, 1.82) is 0 Å². The summed E-state index contributed by atoms with van der Waals surface area (Å²) < 4.78 is 16.9. The average Bonchev–Trinajstić information content (AvgIpc) is 3.50. The monoisotopic (exact) mass is 1160 g/mol. The van der Waals surface area contributed by atoms with Crippen LogP contribution >= 0.6 is 0 Å². The number of allylic oxidation sites excluding steroid dienone is 14. The molecule has 0 N–H and O–H groups in total. The standard InChI is InChI=1S/C77H136O6/c1-4-7-10-13-16-19-22-25-28-31-32-33-34-35-36-37-38-39-40-41-42-43-44-47-49-52-55-58-61-64-67-70-76(79)82-73-74(83-77(80)71-68-65-62-59-56-53-50-46-30-27-24-21-18-15-12-9-6-3)72-81-75(78)69-66-63-60-57-54-51-48-45-29-26-23-20-17-14-11-8-5-2/h9,12,18,21,26-27,29-32,50,53,59,62,74H,4-8,10-11,13-17,19-20,22-25,28,33-49,51-52,54-58,60-61,63-73H2,1-3H3/b12-9-,21-18-,29-26-,30-27-,32-31-,53-50-,62-59-. The fourth-order valence-corrected chi connectivity index (χ4v) is 10.5. The minimum atomic E-state index is -0.809. The van der Waals surface area contributed by atoms with Crippen molar-refractivity contribution >= 4 is 17.9 Å². The van der Waals surface area contributed by atoms with E-state index in [9.17, 15) is 14.4 Å². The Kier molecular flexibility index (Phi) is 68.2. The highest BCUT2D eigenvalue weighted by Crippen LogP contribution is 2.18. The molecule has 0 amide bonds.